The van der Waals surface area contributed by atoms with E-state index in [4.69, 9.17) is 0 Å². The molecule has 20 heavy (non-hydrogen) atoms. The molecule has 0 spiro atoms. The van der Waals surface area contributed by atoms with Crippen LogP contribution in [-0.4, -0.2) is 67.7 Å². The van der Waals surface area contributed by atoms with Crippen molar-refractivity contribution in [3.8, 4) is 0 Å². The van der Waals surface area contributed by atoms with Crippen molar-refractivity contribution in [2.24, 2.45) is 5.92 Å². The largest absolute Gasteiger partial charge is 0.401 e. The van der Waals surface area contributed by atoms with Crippen LogP contribution in [0.2, 0.25) is 0 Å². The summed E-state index contributed by atoms with van der Waals surface area (Å²) < 4.78 is 37.1. The van der Waals surface area contributed by atoms with Crippen LogP contribution in [0.1, 0.15) is 12.8 Å². The average Bonchev–Trinajstić information content (AvgIpc) is 2.37. The van der Waals surface area contributed by atoms with Gasteiger partial charge in [-0.3, -0.25) is 9.69 Å². The van der Waals surface area contributed by atoms with Crippen molar-refractivity contribution >= 4 is 18.3 Å². The Morgan fingerprint density at radius 2 is 1.85 bits per heavy atom. The lowest BCUT2D eigenvalue weighted by molar-refractivity contribution is -0.154. The molecule has 2 fully saturated rings. The summed E-state index contributed by atoms with van der Waals surface area (Å²) in [7, 11) is 0. The number of carbonyl (C=O) groups excluding carboxylic acids is 1. The molecule has 1 unspecified atom stereocenters. The highest BCUT2D eigenvalue weighted by atomic mass is 35.5. The number of amides is 1. The van der Waals surface area contributed by atoms with Gasteiger partial charge >= 0.3 is 6.18 Å². The Balaban J connectivity index is 0.00000200. The molecule has 0 aromatic rings. The molecule has 0 saturated carbocycles. The summed E-state index contributed by atoms with van der Waals surface area (Å²) in [4.78, 5) is 15.4. The molecule has 0 aromatic heterocycles. The zero-order valence-electron chi connectivity index (χ0n) is 11.3. The number of alkyl halides is 3. The first-order chi connectivity index (χ1) is 8.96. The van der Waals surface area contributed by atoms with Crippen molar-refractivity contribution in [2.45, 2.75) is 19.0 Å². The molecular weight excluding hydrogens is 295 g/mol. The Kier molecular flexibility index (Phi) is 6.54. The zero-order chi connectivity index (χ0) is 13.9. The number of likely N-dealkylation sites (tertiary alicyclic amines) is 1. The van der Waals surface area contributed by atoms with Crippen LogP contribution in [0.15, 0.2) is 0 Å². The van der Waals surface area contributed by atoms with Crippen molar-refractivity contribution in [2.75, 3.05) is 45.8 Å². The Labute approximate surface area is 123 Å². The van der Waals surface area contributed by atoms with Crippen LogP contribution in [0, 0.1) is 5.92 Å². The molecule has 2 heterocycles. The molecule has 2 aliphatic rings. The molecule has 0 bridgehead atoms. The van der Waals surface area contributed by atoms with Crippen LogP contribution >= 0.6 is 12.4 Å². The first kappa shape index (κ1) is 17.5. The minimum absolute atomic E-state index is 0. The van der Waals surface area contributed by atoms with Gasteiger partial charge in [0.25, 0.3) is 0 Å². The lowest BCUT2D eigenvalue weighted by Crippen LogP contribution is -2.52. The van der Waals surface area contributed by atoms with Crippen LogP contribution in [0.25, 0.3) is 0 Å². The molecule has 0 aliphatic carbocycles. The fourth-order valence-corrected chi connectivity index (χ4v) is 2.80. The molecule has 2 saturated heterocycles. The summed E-state index contributed by atoms with van der Waals surface area (Å²) in [5.74, 6) is -0.248. The molecule has 8 heteroatoms. The topological polar surface area (TPSA) is 35.6 Å². The van der Waals surface area contributed by atoms with Gasteiger partial charge in [0.1, 0.15) is 0 Å². The predicted molar refractivity (Wildman–Crippen MR) is 71.9 cm³/mol. The van der Waals surface area contributed by atoms with E-state index in [1.807, 2.05) is 0 Å². The van der Waals surface area contributed by atoms with Crippen molar-refractivity contribution in [1.29, 1.82) is 0 Å². The molecule has 0 radical (unpaired) electrons. The lowest BCUT2D eigenvalue weighted by atomic mass is 9.96. The zero-order valence-corrected chi connectivity index (χ0v) is 12.1. The van der Waals surface area contributed by atoms with Crippen LogP contribution < -0.4 is 5.32 Å². The number of nitrogens with one attached hydrogen (secondary N) is 1. The summed E-state index contributed by atoms with van der Waals surface area (Å²) in [5, 5.41) is 3.16. The molecule has 0 aromatic carbocycles. The number of nitrogens with zero attached hydrogens (tertiary/aromatic N) is 2. The maximum absolute atomic E-state index is 12.4. The third-order valence-corrected chi connectivity index (χ3v) is 3.69. The van der Waals surface area contributed by atoms with Gasteiger partial charge in [0.15, 0.2) is 0 Å². The minimum atomic E-state index is -4.18. The van der Waals surface area contributed by atoms with E-state index < -0.39 is 12.7 Å². The summed E-state index contributed by atoms with van der Waals surface area (Å²) in [6.07, 6.45) is -2.81. The van der Waals surface area contributed by atoms with E-state index in [-0.39, 0.29) is 30.8 Å². The standard InChI is InChI=1S/C12H20F3N3O.ClH/c13-12(14,15)9-17-5-1-2-10(8-17)11(19)18-6-3-16-4-7-18;/h10,16H,1-9H2;1H. The maximum Gasteiger partial charge on any atom is 0.401 e. The third kappa shape index (κ3) is 5.10. The first-order valence-corrected chi connectivity index (χ1v) is 6.74. The lowest BCUT2D eigenvalue weighted by Gasteiger charge is -2.36. The van der Waals surface area contributed by atoms with Crippen LogP contribution in [-0.2, 0) is 4.79 Å². The van der Waals surface area contributed by atoms with Crippen molar-refractivity contribution in [1.82, 2.24) is 15.1 Å². The highest BCUT2D eigenvalue weighted by Crippen LogP contribution is 2.23. The van der Waals surface area contributed by atoms with Gasteiger partial charge in [-0.15, -0.1) is 12.4 Å². The summed E-state index contributed by atoms with van der Waals surface area (Å²) in [5.41, 5.74) is 0. The predicted octanol–water partition coefficient (Wildman–Crippen LogP) is 1.11. The molecule has 2 rings (SSSR count). The van der Waals surface area contributed by atoms with E-state index in [1.54, 1.807) is 4.90 Å². The highest BCUT2D eigenvalue weighted by molar-refractivity contribution is 5.85. The molecular formula is C12H21ClF3N3O. The highest BCUT2D eigenvalue weighted by Gasteiger charge is 2.35. The number of piperidine rings is 1. The second-order valence-electron chi connectivity index (χ2n) is 5.26. The molecule has 1 N–H and O–H groups in total. The summed E-state index contributed by atoms with van der Waals surface area (Å²) in [6.45, 7) is 2.63. The molecule has 1 atom stereocenters. The van der Waals surface area contributed by atoms with E-state index in [2.05, 4.69) is 5.32 Å². The van der Waals surface area contributed by atoms with Crippen molar-refractivity contribution < 1.29 is 18.0 Å². The van der Waals surface area contributed by atoms with Gasteiger partial charge in [-0.05, 0) is 19.4 Å². The average molecular weight is 316 g/mol. The van der Waals surface area contributed by atoms with Gasteiger partial charge in [0, 0.05) is 32.7 Å². The summed E-state index contributed by atoms with van der Waals surface area (Å²) in [6, 6.07) is 0. The number of rotatable bonds is 2. The van der Waals surface area contributed by atoms with Crippen LogP contribution in [0.3, 0.4) is 0 Å². The van der Waals surface area contributed by atoms with Gasteiger partial charge in [0.05, 0.1) is 12.5 Å². The number of carbonyl (C=O) groups is 1. The van der Waals surface area contributed by atoms with Gasteiger partial charge < -0.3 is 10.2 Å². The maximum atomic E-state index is 12.4. The van der Waals surface area contributed by atoms with Crippen LogP contribution in [0.5, 0.6) is 0 Å². The Hall–Kier alpha value is -0.530. The van der Waals surface area contributed by atoms with E-state index in [1.165, 1.54) is 4.90 Å². The van der Waals surface area contributed by atoms with Crippen molar-refractivity contribution in [3.05, 3.63) is 0 Å². The molecule has 4 nitrogen and oxygen atoms in total. The third-order valence-electron chi connectivity index (χ3n) is 3.69. The normalized spacial score (nSPS) is 25.1. The molecule has 1 amide bonds. The van der Waals surface area contributed by atoms with Gasteiger partial charge in [0.2, 0.25) is 5.91 Å². The number of hydrogen-bond donors (Lipinski definition) is 1. The number of hydrogen-bond acceptors (Lipinski definition) is 3. The van der Waals surface area contributed by atoms with Crippen molar-refractivity contribution in [3.63, 3.8) is 0 Å². The van der Waals surface area contributed by atoms with E-state index in [0.29, 0.717) is 32.5 Å². The summed E-state index contributed by atoms with van der Waals surface area (Å²) >= 11 is 0. The monoisotopic (exact) mass is 315 g/mol. The van der Waals surface area contributed by atoms with Gasteiger partial charge in [-0.1, -0.05) is 0 Å². The Morgan fingerprint density at radius 1 is 1.20 bits per heavy atom. The molecule has 118 valence electrons. The fraction of sp³-hybridized carbons (Fsp3) is 0.917. The number of halogens is 4. The van der Waals surface area contributed by atoms with E-state index in [0.717, 1.165) is 13.1 Å². The Bertz CT molecular complexity index is 322. The molecule has 2 aliphatic heterocycles. The van der Waals surface area contributed by atoms with Gasteiger partial charge in [-0.25, -0.2) is 0 Å². The smallest absolute Gasteiger partial charge is 0.340 e. The van der Waals surface area contributed by atoms with E-state index >= 15 is 0 Å². The fourth-order valence-electron chi connectivity index (χ4n) is 2.80. The number of piperazine rings is 1. The second-order valence-corrected chi connectivity index (χ2v) is 5.26. The van der Waals surface area contributed by atoms with Gasteiger partial charge in [-0.2, -0.15) is 13.2 Å². The van der Waals surface area contributed by atoms with E-state index in [9.17, 15) is 18.0 Å². The minimum Gasteiger partial charge on any atom is -0.340 e. The first-order valence-electron chi connectivity index (χ1n) is 6.74. The second kappa shape index (κ2) is 7.47. The Morgan fingerprint density at radius 3 is 2.45 bits per heavy atom. The van der Waals surface area contributed by atoms with Crippen LogP contribution in [0.4, 0.5) is 13.2 Å². The quantitative estimate of drug-likeness (QED) is 0.829. The SMILES string of the molecule is Cl.O=C(C1CCCN(CC(F)(F)F)C1)N1CCNCC1.